The highest BCUT2D eigenvalue weighted by atomic mass is 16.6. The smallest absolute Gasteiger partial charge is 0.119 e. The van der Waals surface area contributed by atoms with Crippen LogP contribution in [-0.4, -0.2) is 39.1 Å². The van der Waals surface area contributed by atoms with Crippen LogP contribution in [0.15, 0.2) is 24.3 Å². The monoisotopic (exact) mass is 265 g/mol. The van der Waals surface area contributed by atoms with E-state index in [1.165, 1.54) is 5.56 Å². The molecule has 0 aliphatic carbocycles. The van der Waals surface area contributed by atoms with Crippen molar-refractivity contribution in [3.05, 3.63) is 29.8 Å². The first kappa shape index (κ1) is 14.3. The van der Waals surface area contributed by atoms with Crippen molar-refractivity contribution in [1.29, 1.82) is 0 Å². The summed E-state index contributed by atoms with van der Waals surface area (Å²) in [7, 11) is 0. The van der Waals surface area contributed by atoms with Gasteiger partial charge in [-0.1, -0.05) is 19.1 Å². The van der Waals surface area contributed by atoms with Crippen molar-refractivity contribution in [3.63, 3.8) is 0 Å². The molecule has 19 heavy (non-hydrogen) atoms. The lowest BCUT2D eigenvalue weighted by Gasteiger charge is -2.25. The normalized spacial score (nSPS) is 15.2. The third-order valence-corrected chi connectivity index (χ3v) is 2.99. The molecule has 1 aliphatic rings. The topological polar surface area (TPSA) is 39.7 Å². The Bertz CT molecular complexity index is 349. The van der Waals surface area contributed by atoms with Crippen molar-refractivity contribution in [1.82, 2.24) is 5.32 Å². The molecule has 0 spiro atoms. The van der Waals surface area contributed by atoms with Crippen LogP contribution in [0.25, 0.3) is 0 Å². The van der Waals surface area contributed by atoms with Crippen molar-refractivity contribution >= 4 is 0 Å². The van der Waals surface area contributed by atoms with Gasteiger partial charge in [-0.15, -0.1) is 0 Å². The van der Waals surface area contributed by atoms with E-state index < -0.39 is 0 Å². The zero-order valence-corrected chi connectivity index (χ0v) is 11.6. The molecule has 1 saturated heterocycles. The molecule has 0 saturated carbocycles. The minimum atomic E-state index is 0.274. The summed E-state index contributed by atoms with van der Waals surface area (Å²) < 4.78 is 16.2. The molecule has 0 bridgehead atoms. The standard InChI is InChI=1S/C15H23NO3/c1-2-7-16-10-13-3-5-14(6-4-13)18-8-9-19-15-11-17-12-15/h3-6,15-16H,2,7-12H2,1H3. The Balaban J connectivity index is 1.60. The van der Waals surface area contributed by atoms with Gasteiger partial charge in [-0.2, -0.15) is 0 Å². The van der Waals surface area contributed by atoms with Gasteiger partial charge in [0.25, 0.3) is 0 Å². The zero-order chi connectivity index (χ0) is 13.3. The molecular weight excluding hydrogens is 242 g/mol. The molecule has 0 unspecified atom stereocenters. The maximum atomic E-state index is 5.62. The average molecular weight is 265 g/mol. The largest absolute Gasteiger partial charge is 0.491 e. The molecule has 1 aromatic rings. The molecule has 1 N–H and O–H groups in total. The van der Waals surface area contributed by atoms with Crippen LogP contribution in [0.3, 0.4) is 0 Å². The van der Waals surface area contributed by atoms with Crippen molar-refractivity contribution in [3.8, 4) is 5.75 Å². The average Bonchev–Trinajstić information content (AvgIpc) is 2.38. The SMILES string of the molecule is CCCNCc1ccc(OCCOC2COC2)cc1. The summed E-state index contributed by atoms with van der Waals surface area (Å²) in [5, 5.41) is 3.38. The number of ether oxygens (including phenoxy) is 3. The quantitative estimate of drug-likeness (QED) is 0.693. The maximum absolute atomic E-state index is 5.62. The molecule has 1 aromatic carbocycles. The maximum Gasteiger partial charge on any atom is 0.119 e. The van der Waals surface area contributed by atoms with Crippen LogP contribution in [0.2, 0.25) is 0 Å². The van der Waals surface area contributed by atoms with Gasteiger partial charge in [0.05, 0.1) is 19.8 Å². The van der Waals surface area contributed by atoms with Gasteiger partial charge >= 0.3 is 0 Å². The molecule has 4 heteroatoms. The van der Waals surface area contributed by atoms with E-state index in [0.29, 0.717) is 13.2 Å². The van der Waals surface area contributed by atoms with Gasteiger partial charge in [0.15, 0.2) is 0 Å². The van der Waals surface area contributed by atoms with Crippen molar-refractivity contribution in [2.75, 3.05) is 33.0 Å². The van der Waals surface area contributed by atoms with E-state index in [2.05, 4.69) is 24.4 Å². The molecule has 2 rings (SSSR count). The van der Waals surface area contributed by atoms with Crippen molar-refractivity contribution < 1.29 is 14.2 Å². The summed E-state index contributed by atoms with van der Waals surface area (Å²) >= 11 is 0. The van der Waals surface area contributed by atoms with E-state index in [4.69, 9.17) is 14.2 Å². The Morgan fingerprint density at radius 2 is 2.00 bits per heavy atom. The lowest BCUT2D eigenvalue weighted by atomic mass is 10.2. The molecule has 1 fully saturated rings. The molecule has 0 radical (unpaired) electrons. The molecule has 1 aliphatic heterocycles. The Morgan fingerprint density at radius 3 is 2.63 bits per heavy atom. The second-order valence-electron chi connectivity index (χ2n) is 4.70. The minimum absolute atomic E-state index is 0.274. The summed E-state index contributed by atoms with van der Waals surface area (Å²) in [6.45, 7) is 6.79. The second-order valence-corrected chi connectivity index (χ2v) is 4.70. The van der Waals surface area contributed by atoms with Crippen molar-refractivity contribution in [2.45, 2.75) is 26.0 Å². The lowest BCUT2D eigenvalue weighted by molar-refractivity contribution is -0.132. The third-order valence-electron chi connectivity index (χ3n) is 2.99. The first-order chi connectivity index (χ1) is 9.38. The molecule has 0 aromatic heterocycles. The van der Waals surface area contributed by atoms with Gasteiger partial charge in [-0.3, -0.25) is 0 Å². The van der Waals surface area contributed by atoms with Gasteiger partial charge in [0.1, 0.15) is 18.5 Å². The van der Waals surface area contributed by atoms with E-state index in [1.54, 1.807) is 0 Å². The van der Waals surface area contributed by atoms with E-state index >= 15 is 0 Å². The van der Waals surface area contributed by atoms with Crippen molar-refractivity contribution in [2.24, 2.45) is 0 Å². The van der Waals surface area contributed by atoms with Gasteiger partial charge in [0, 0.05) is 6.54 Å². The molecule has 1 heterocycles. The summed E-state index contributed by atoms with van der Waals surface area (Å²) in [5.41, 5.74) is 1.28. The predicted octanol–water partition coefficient (Wildman–Crippen LogP) is 1.98. The van der Waals surface area contributed by atoms with E-state index in [9.17, 15) is 0 Å². The van der Waals surface area contributed by atoms with Gasteiger partial charge < -0.3 is 19.5 Å². The fraction of sp³-hybridized carbons (Fsp3) is 0.600. The predicted molar refractivity (Wildman–Crippen MR) is 74.5 cm³/mol. The Kier molecular flexibility index (Phi) is 6.14. The van der Waals surface area contributed by atoms with Crippen LogP contribution in [0.4, 0.5) is 0 Å². The fourth-order valence-corrected chi connectivity index (χ4v) is 1.80. The highest BCUT2D eigenvalue weighted by molar-refractivity contribution is 5.27. The summed E-state index contributed by atoms with van der Waals surface area (Å²) in [5.74, 6) is 0.896. The molecular formula is C15H23NO3. The van der Waals surface area contributed by atoms with E-state index in [0.717, 1.165) is 38.5 Å². The highest BCUT2D eigenvalue weighted by Crippen LogP contribution is 2.12. The summed E-state index contributed by atoms with van der Waals surface area (Å²) in [4.78, 5) is 0. The zero-order valence-electron chi connectivity index (χ0n) is 11.6. The second kappa shape index (κ2) is 8.15. The van der Waals surface area contributed by atoms with Gasteiger partial charge in [-0.05, 0) is 30.7 Å². The summed E-state index contributed by atoms with van der Waals surface area (Å²) in [6.07, 6.45) is 1.43. The van der Waals surface area contributed by atoms with Crippen LogP contribution >= 0.6 is 0 Å². The Hall–Kier alpha value is -1.10. The van der Waals surface area contributed by atoms with Crippen LogP contribution in [-0.2, 0) is 16.0 Å². The number of benzene rings is 1. The molecule has 0 amide bonds. The Labute approximate surface area is 115 Å². The molecule has 106 valence electrons. The van der Waals surface area contributed by atoms with E-state index in [-0.39, 0.29) is 6.10 Å². The van der Waals surface area contributed by atoms with Crippen LogP contribution in [0.1, 0.15) is 18.9 Å². The van der Waals surface area contributed by atoms with Gasteiger partial charge in [-0.25, -0.2) is 0 Å². The number of hydrogen-bond donors (Lipinski definition) is 1. The number of rotatable bonds is 9. The van der Waals surface area contributed by atoms with Gasteiger partial charge in [0.2, 0.25) is 0 Å². The number of nitrogens with one attached hydrogen (secondary N) is 1. The third kappa shape index (κ3) is 5.19. The fourth-order valence-electron chi connectivity index (χ4n) is 1.80. The van der Waals surface area contributed by atoms with Crippen LogP contribution < -0.4 is 10.1 Å². The highest BCUT2D eigenvalue weighted by Gasteiger charge is 2.18. The first-order valence-electron chi connectivity index (χ1n) is 7.00. The lowest BCUT2D eigenvalue weighted by Crippen LogP contribution is -2.37. The first-order valence-corrected chi connectivity index (χ1v) is 7.00. The van der Waals surface area contributed by atoms with E-state index in [1.807, 2.05) is 12.1 Å². The molecule has 0 atom stereocenters. The van der Waals surface area contributed by atoms with Crippen LogP contribution in [0.5, 0.6) is 5.75 Å². The number of hydrogen-bond acceptors (Lipinski definition) is 4. The minimum Gasteiger partial charge on any atom is -0.491 e. The van der Waals surface area contributed by atoms with Crippen LogP contribution in [0, 0.1) is 0 Å². The summed E-state index contributed by atoms with van der Waals surface area (Å²) in [6, 6.07) is 8.21. The Morgan fingerprint density at radius 1 is 1.21 bits per heavy atom. The molecule has 4 nitrogen and oxygen atoms in total.